The Morgan fingerprint density at radius 2 is 1.93 bits per heavy atom. The van der Waals surface area contributed by atoms with Crippen molar-refractivity contribution < 1.29 is 5.11 Å². The third-order valence-corrected chi connectivity index (χ3v) is 1.97. The van der Waals surface area contributed by atoms with Crippen molar-refractivity contribution in [2.45, 2.75) is 12.8 Å². The first-order valence-corrected chi connectivity index (χ1v) is 4.75. The Balaban J connectivity index is 2.19. The molecule has 0 bridgehead atoms. The Hall–Kier alpha value is -1.46. The van der Waals surface area contributed by atoms with Gasteiger partial charge in [-0.2, -0.15) is 0 Å². The number of rotatable bonds is 5. The molecule has 74 valence electrons. The summed E-state index contributed by atoms with van der Waals surface area (Å²) in [5, 5.41) is 12.3. The van der Waals surface area contributed by atoms with Crippen LogP contribution in [-0.2, 0) is 6.42 Å². The van der Waals surface area contributed by atoms with E-state index in [9.17, 15) is 0 Å². The lowest BCUT2D eigenvalue weighted by Gasteiger charge is -2.02. The topological polar surface area (TPSA) is 32.3 Å². The van der Waals surface area contributed by atoms with Gasteiger partial charge >= 0.3 is 0 Å². The number of hydrogen-bond donors (Lipinski definition) is 2. The Morgan fingerprint density at radius 3 is 2.57 bits per heavy atom. The zero-order valence-electron chi connectivity index (χ0n) is 8.16. The monoisotopic (exact) mass is 189 g/mol. The summed E-state index contributed by atoms with van der Waals surface area (Å²) in [5.41, 5.74) is 1.22. The first-order valence-electron chi connectivity index (χ1n) is 4.75. The van der Waals surface area contributed by atoms with E-state index in [1.807, 2.05) is 12.1 Å². The summed E-state index contributed by atoms with van der Waals surface area (Å²) in [7, 11) is 0. The van der Waals surface area contributed by atoms with Crippen LogP contribution in [0.25, 0.3) is 0 Å². The molecule has 0 fully saturated rings. The summed E-state index contributed by atoms with van der Waals surface area (Å²) < 4.78 is 0. The molecule has 2 N–H and O–H groups in total. The van der Waals surface area contributed by atoms with Gasteiger partial charge in [0.1, 0.15) is 5.75 Å². The summed E-state index contributed by atoms with van der Waals surface area (Å²) in [4.78, 5) is 0. The average molecular weight is 189 g/mol. The predicted octanol–water partition coefficient (Wildman–Crippen LogP) is 1.55. The second kappa shape index (κ2) is 6.06. The molecule has 0 aliphatic rings. The molecule has 14 heavy (non-hydrogen) atoms. The standard InChI is InChI=1S/C12H15NO/c1-2-3-9-13-10-8-11-4-6-12(14)7-5-11/h1,4-7,13-14H,3,8-10H2. The van der Waals surface area contributed by atoms with Crippen LogP contribution < -0.4 is 5.32 Å². The predicted molar refractivity (Wildman–Crippen MR) is 58.1 cm³/mol. The van der Waals surface area contributed by atoms with Crippen LogP contribution in [0.3, 0.4) is 0 Å². The van der Waals surface area contributed by atoms with Gasteiger partial charge in [0, 0.05) is 13.0 Å². The lowest BCUT2D eigenvalue weighted by atomic mass is 10.1. The summed E-state index contributed by atoms with van der Waals surface area (Å²) in [6.07, 6.45) is 6.86. The molecule has 2 nitrogen and oxygen atoms in total. The molecule has 0 aliphatic carbocycles. The van der Waals surface area contributed by atoms with Crippen LogP contribution in [0.5, 0.6) is 5.75 Å². The van der Waals surface area contributed by atoms with Crippen molar-refractivity contribution in [3.8, 4) is 18.1 Å². The van der Waals surface area contributed by atoms with E-state index in [1.165, 1.54) is 5.56 Å². The highest BCUT2D eigenvalue weighted by Gasteiger charge is 1.92. The third-order valence-electron chi connectivity index (χ3n) is 1.97. The van der Waals surface area contributed by atoms with Gasteiger partial charge in [-0.1, -0.05) is 12.1 Å². The fourth-order valence-electron chi connectivity index (χ4n) is 1.18. The van der Waals surface area contributed by atoms with Crippen LogP contribution in [-0.4, -0.2) is 18.2 Å². The van der Waals surface area contributed by atoms with Gasteiger partial charge in [0.05, 0.1) is 0 Å². The second-order valence-electron chi connectivity index (χ2n) is 3.12. The fourth-order valence-corrected chi connectivity index (χ4v) is 1.18. The van der Waals surface area contributed by atoms with Crippen molar-refractivity contribution in [2.75, 3.05) is 13.1 Å². The number of hydrogen-bond acceptors (Lipinski definition) is 2. The number of benzene rings is 1. The average Bonchev–Trinajstić information content (AvgIpc) is 2.21. The van der Waals surface area contributed by atoms with E-state index in [4.69, 9.17) is 11.5 Å². The van der Waals surface area contributed by atoms with Gasteiger partial charge in [0.25, 0.3) is 0 Å². The van der Waals surface area contributed by atoms with Gasteiger partial charge < -0.3 is 10.4 Å². The molecule has 1 aromatic rings. The maximum atomic E-state index is 9.06. The Bertz CT molecular complexity index is 297. The maximum absolute atomic E-state index is 9.06. The molecule has 2 heteroatoms. The molecule has 1 aromatic carbocycles. The Kier molecular flexibility index (Phi) is 4.60. The van der Waals surface area contributed by atoms with E-state index in [-0.39, 0.29) is 0 Å². The summed E-state index contributed by atoms with van der Waals surface area (Å²) in [5.74, 6) is 2.89. The Morgan fingerprint density at radius 1 is 1.21 bits per heavy atom. The molecular formula is C12H15NO. The quantitative estimate of drug-likeness (QED) is 0.544. The summed E-state index contributed by atoms with van der Waals surface area (Å²) in [6, 6.07) is 7.27. The molecule has 0 aliphatic heterocycles. The zero-order chi connectivity index (χ0) is 10.2. The highest BCUT2D eigenvalue weighted by atomic mass is 16.3. The fraction of sp³-hybridized carbons (Fsp3) is 0.333. The van der Waals surface area contributed by atoms with Crippen molar-refractivity contribution >= 4 is 0 Å². The van der Waals surface area contributed by atoms with E-state index in [1.54, 1.807) is 12.1 Å². The van der Waals surface area contributed by atoms with E-state index in [0.717, 1.165) is 25.9 Å². The first-order chi connectivity index (χ1) is 6.83. The summed E-state index contributed by atoms with van der Waals surface area (Å²) >= 11 is 0. The number of phenolic OH excluding ortho intramolecular Hbond substituents is 1. The number of phenols is 1. The van der Waals surface area contributed by atoms with Crippen molar-refractivity contribution in [3.05, 3.63) is 29.8 Å². The Labute approximate surface area is 85.0 Å². The smallest absolute Gasteiger partial charge is 0.115 e. The van der Waals surface area contributed by atoms with E-state index in [2.05, 4.69) is 11.2 Å². The first kappa shape index (κ1) is 10.6. The van der Waals surface area contributed by atoms with Crippen LogP contribution >= 0.6 is 0 Å². The zero-order valence-corrected chi connectivity index (χ0v) is 8.16. The molecular weight excluding hydrogens is 174 g/mol. The molecule has 1 rings (SSSR count). The van der Waals surface area contributed by atoms with Gasteiger partial charge in [-0.25, -0.2) is 0 Å². The number of nitrogens with one attached hydrogen (secondary N) is 1. The lowest BCUT2D eigenvalue weighted by Crippen LogP contribution is -2.17. The highest BCUT2D eigenvalue weighted by molar-refractivity contribution is 5.25. The van der Waals surface area contributed by atoms with E-state index < -0.39 is 0 Å². The normalized spacial score (nSPS) is 9.64. The minimum atomic E-state index is 0.314. The van der Waals surface area contributed by atoms with E-state index in [0.29, 0.717) is 5.75 Å². The minimum absolute atomic E-state index is 0.314. The highest BCUT2D eigenvalue weighted by Crippen LogP contribution is 2.09. The van der Waals surface area contributed by atoms with Crippen LogP contribution in [0, 0.1) is 12.3 Å². The minimum Gasteiger partial charge on any atom is -0.508 e. The van der Waals surface area contributed by atoms with Crippen molar-refractivity contribution in [2.24, 2.45) is 0 Å². The molecule has 0 saturated heterocycles. The van der Waals surface area contributed by atoms with Gasteiger partial charge in [-0.05, 0) is 30.7 Å². The van der Waals surface area contributed by atoms with Crippen LogP contribution in [0.1, 0.15) is 12.0 Å². The van der Waals surface area contributed by atoms with Crippen LogP contribution in [0.2, 0.25) is 0 Å². The molecule has 0 radical (unpaired) electrons. The van der Waals surface area contributed by atoms with Crippen molar-refractivity contribution in [3.63, 3.8) is 0 Å². The molecule has 0 aromatic heterocycles. The van der Waals surface area contributed by atoms with Crippen LogP contribution in [0.4, 0.5) is 0 Å². The second-order valence-corrected chi connectivity index (χ2v) is 3.12. The van der Waals surface area contributed by atoms with Crippen molar-refractivity contribution in [1.82, 2.24) is 5.32 Å². The lowest BCUT2D eigenvalue weighted by molar-refractivity contribution is 0.475. The molecule has 0 unspecified atom stereocenters. The SMILES string of the molecule is C#CCCNCCc1ccc(O)cc1. The molecule has 0 atom stereocenters. The van der Waals surface area contributed by atoms with Crippen molar-refractivity contribution in [1.29, 1.82) is 0 Å². The van der Waals surface area contributed by atoms with Gasteiger partial charge in [-0.3, -0.25) is 0 Å². The largest absolute Gasteiger partial charge is 0.508 e. The third kappa shape index (κ3) is 3.97. The molecule has 0 saturated carbocycles. The number of aromatic hydroxyl groups is 1. The maximum Gasteiger partial charge on any atom is 0.115 e. The van der Waals surface area contributed by atoms with E-state index >= 15 is 0 Å². The number of terminal acetylenes is 1. The molecule has 0 amide bonds. The van der Waals surface area contributed by atoms with Crippen LogP contribution in [0.15, 0.2) is 24.3 Å². The van der Waals surface area contributed by atoms with Gasteiger partial charge in [0.15, 0.2) is 0 Å². The molecule has 0 spiro atoms. The summed E-state index contributed by atoms with van der Waals surface area (Å²) in [6.45, 7) is 1.79. The van der Waals surface area contributed by atoms with Gasteiger partial charge in [0.2, 0.25) is 0 Å². The van der Waals surface area contributed by atoms with Gasteiger partial charge in [-0.15, -0.1) is 12.3 Å². The molecule has 0 heterocycles.